The minimum atomic E-state index is -0.0308. The molecule has 2 aromatic heterocycles. The number of nitrogens with one attached hydrogen (secondary N) is 2. The fourth-order valence-electron chi connectivity index (χ4n) is 4.36. The van der Waals surface area contributed by atoms with Crippen LogP contribution in [-0.4, -0.2) is 21.3 Å². The first-order valence-electron chi connectivity index (χ1n) is 11.3. The number of halogens is 1. The molecule has 0 amide bonds. The molecule has 1 aliphatic rings. The quantitative estimate of drug-likeness (QED) is 0.190. The van der Waals surface area contributed by atoms with Crippen LogP contribution >= 0.6 is 27.7 Å². The number of para-hydroxylation sites is 1. The Morgan fingerprint density at radius 1 is 0.971 bits per heavy atom. The van der Waals surface area contributed by atoms with Gasteiger partial charge in [-0.1, -0.05) is 88.4 Å². The van der Waals surface area contributed by atoms with E-state index >= 15 is 0 Å². The van der Waals surface area contributed by atoms with Gasteiger partial charge < -0.3 is 9.88 Å². The summed E-state index contributed by atoms with van der Waals surface area (Å²) in [5, 5.41) is 12.4. The third-order valence-corrected chi connectivity index (χ3v) is 7.36. The Morgan fingerprint density at radius 3 is 2.71 bits per heavy atom. The lowest BCUT2D eigenvalue weighted by molar-refractivity contribution is 0.657. The predicted molar refractivity (Wildman–Crippen MR) is 150 cm³/mol. The van der Waals surface area contributed by atoms with Gasteiger partial charge in [0.15, 0.2) is 5.50 Å². The number of nitrogens with zero attached hydrogens (tertiary/aromatic N) is 3. The first-order chi connectivity index (χ1) is 17.2. The summed E-state index contributed by atoms with van der Waals surface area (Å²) < 4.78 is 3.39. The molecule has 0 aliphatic carbocycles. The molecule has 1 atom stereocenters. The Morgan fingerprint density at radius 2 is 1.83 bits per heavy atom. The Balaban J connectivity index is 1.21. The molecule has 0 saturated carbocycles. The highest BCUT2D eigenvalue weighted by Gasteiger charge is 2.17. The van der Waals surface area contributed by atoms with Gasteiger partial charge in [-0.2, -0.15) is 5.10 Å². The number of hydrogen-bond donors (Lipinski definition) is 2. The smallest absolute Gasteiger partial charge is 0.165 e. The highest BCUT2D eigenvalue weighted by atomic mass is 79.9. The fourth-order valence-corrected chi connectivity index (χ4v) is 5.55. The van der Waals surface area contributed by atoms with Crippen LogP contribution in [0.3, 0.4) is 0 Å². The molecule has 5 aromatic rings. The number of benzene rings is 3. The van der Waals surface area contributed by atoms with Crippen LogP contribution in [0.5, 0.6) is 0 Å². The van der Waals surface area contributed by atoms with Gasteiger partial charge in [0.2, 0.25) is 0 Å². The first-order valence-corrected chi connectivity index (χ1v) is 13.1. The second kappa shape index (κ2) is 9.60. The summed E-state index contributed by atoms with van der Waals surface area (Å²) in [5.41, 5.74) is 9.78. The van der Waals surface area contributed by atoms with Crippen molar-refractivity contribution in [2.75, 3.05) is 0 Å². The van der Waals surface area contributed by atoms with Gasteiger partial charge in [0, 0.05) is 27.3 Å². The second-order valence-electron chi connectivity index (χ2n) is 8.30. The lowest BCUT2D eigenvalue weighted by Crippen LogP contribution is -2.31. The first kappa shape index (κ1) is 21.9. The number of hydrogen-bond acceptors (Lipinski definition) is 5. The molecule has 172 valence electrons. The summed E-state index contributed by atoms with van der Waals surface area (Å²) >= 11 is 5.19. The predicted octanol–water partition coefficient (Wildman–Crippen LogP) is 6.54. The van der Waals surface area contributed by atoms with Crippen LogP contribution in [0.4, 0.5) is 0 Å². The summed E-state index contributed by atoms with van der Waals surface area (Å²) in [6, 6.07) is 29.4. The van der Waals surface area contributed by atoms with Gasteiger partial charge in [0.05, 0.1) is 29.3 Å². The highest BCUT2D eigenvalue weighted by Crippen LogP contribution is 2.30. The van der Waals surface area contributed by atoms with E-state index in [-0.39, 0.29) is 5.50 Å². The molecular weight excluding hydrogens is 518 g/mol. The lowest BCUT2D eigenvalue weighted by Gasteiger charge is -2.12. The Labute approximate surface area is 216 Å². The monoisotopic (exact) mass is 539 g/mol. The van der Waals surface area contributed by atoms with E-state index in [1.165, 1.54) is 21.9 Å². The summed E-state index contributed by atoms with van der Waals surface area (Å²) in [6.07, 6.45) is 3.73. The Kier molecular flexibility index (Phi) is 6.02. The standard InChI is InChI=1S/C28H22BrN5S/c29-21-10-6-9-20(13-21)25-18-35-28(32-25)33-31-15-22-14-24-23-11-4-5-12-26(23)34(27(24)16-30-22)17-19-7-2-1-3-8-19/h1-16,18,28,32-33H,17H2/b31-15+. The lowest BCUT2D eigenvalue weighted by atomic mass is 10.2. The number of hydrazone groups is 1. The molecule has 7 heteroatoms. The molecule has 0 fully saturated rings. The van der Waals surface area contributed by atoms with Crippen molar-refractivity contribution in [2.24, 2.45) is 5.10 Å². The van der Waals surface area contributed by atoms with Crippen LogP contribution in [-0.2, 0) is 6.54 Å². The molecule has 0 saturated heterocycles. The molecule has 6 rings (SSSR count). The number of thioether (sulfide) groups is 1. The normalized spacial score (nSPS) is 15.6. The maximum Gasteiger partial charge on any atom is 0.165 e. The van der Waals surface area contributed by atoms with Crippen molar-refractivity contribution in [3.05, 3.63) is 118 Å². The Bertz CT molecular complexity index is 1570. The van der Waals surface area contributed by atoms with E-state index in [4.69, 9.17) is 0 Å². The third-order valence-electron chi connectivity index (χ3n) is 6.00. The summed E-state index contributed by atoms with van der Waals surface area (Å²) in [4.78, 5) is 4.69. The number of rotatable bonds is 6. The minimum absolute atomic E-state index is 0.0308. The topological polar surface area (TPSA) is 54.2 Å². The Hall–Kier alpha value is -3.55. The van der Waals surface area contributed by atoms with Gasteiger partial charge >= 0.3 is 0 Å². The van der Waals surface area contributed by atoms with Crippen LogP contribution in [0.15, 0.2) is 106 Å². The van der Waals surface area contributed by atoms with Gasteiger partial charge in [-0.15, -0.1) is 0 Å². The minimum Gasteiger partial charge on any atom is -0.355 e. The van der Waals surface area contributed by atoms with Gasteiger partial charge in [0.1, 0.15) is 0 Å². The van der Waals surface area contributed by atoms with E-state index < -0.39 is 0 Å². The molecule has 0 bridgehead atoms. The van der Waals surface area contributed by atoms with Crippen molar-refractivity contribution < 1.29 is 0 Å². The maximum atomic E-state index is 4.69. The molecule has 5 nitrogen and oxygen atoms in total. The molecule has 0 spiro atoms. The number of fused-ring (bicyclic) bond motifs is 3. The second-order valence-corrected chi connectivity index (χ2v) is 10.2. The largest absolute Gasteiger partial charge is 0.355 e. The van der Waals surface area contributed by atoms with E-state index in [0.29, 0.717) is 0 Å². The van der Waals surface area contributed by atoms with Crippen molar-refractivity contribution in [1.82, 2.24) is 20.3 Å². The molecule has 3 aromatic carbocycles. The van der Waals surface area contributed by atoms with Crippen LogP contribution in [0.1, 0.15) is 16.8 Å². The van der Waals surface area contributed by atoms with Crippen molar-refractivity contribution in [2.45, 2.75) is 12.0 Å². The van der Waals surface area contributed by atoms with Crippen LogP contribution in [0.25, 0.3) is 27.5 Å². The molecule has 3 heterocycles. The average Bonchev–Trinajstić information content (AvgIpc) is 3.48. The zero-order valence-electron chi connectivity index (χ0n) is 18.7. The van der Waals surface area contributed by atoms with E-state index in [2.05, 4.69) is 113 Å². The highest BCUT2D eigenvalue weighted by molar-refractivity contribution is 9.10. The summed E-state index contributed by atoms with van der Waals surface area (Å²) in [7, 11) is 0. The van der Waals surface area contributed by atoms with Gasteiger partial charge in [-0.05, 0) is 40.8 Å². The molecule has 1 unspecified atom stereocenters. The van der Waals surface area contributed by atoms with Crippen molar-refractivity contribution in [3.8, 4) is 0 Å². The molecule has 1 aliphatic heterocycles. The van der Waals surface area contributed by atoms with E-state index in [9.17, 15) is 0 Å². The molecule has 0 radical (unpaired) electrons. The van der Waals surface area contributed by atoms with Crippen LogP contribution in [0, 0.1) is 0 Å². The zero-order chi connectivity index (χ0) is 23.6. The third kappa shape index (κ3) is 4.57. The number of pyridine rings is 1. The average molecular weight is 540 g/mol. The van der Waals surface area contributed by atoms with Crippen LogP contribution in [0.2, 0.25) is 0 Å². The van der Waals surface area contributed by atoms with E-state index in [0.717, 1.165) is 33.5 Å². The van der Waals surface area contributed by atoms with Crippen LogP contribution < -0.4 is 10.7 Å². The molecule has 35 heavy (non-hydrogen) atoms. The van der Waals surface area contributed by atoms with Gasteiger partial charge in [-0.3, -0.25) is 10.4 Å². The van der Waals surface area contributed by atoms with Crippen molar-refractivity contribution >= 4 is 61.4 Å². The van der Waals surface area contributed by atoms with E-state index in [1.807, 2.05) is 24.4 Å². The van der Waals surface area contributed by atoms with E-state index in [1.54, 1.807) is 18.0 Å². The summed E-state index contributed by atoms with van der Waals surface area (Å²) in [6.45, 7) is 0.805. The van der Waals surface area contributed by atoms with Crippen molar-refractivity contribution in [3.63, 3.8) is 0 Å². The molecule has 2 N–H and O–H groups in total. The van der Waals surface area contributed by atoms with Gasteiger partial charge in [-0.25, -0.2) is 0 Å². The van der Waals surface area contributed by atoms with Crippen molar-refractivity contribution in [1.29, 1.82) is 0 Å². The number of aromatic nitrogens is 2. The fraction of sp³-hybridized carbons (Fsp3) is 0.0714. The maximum absolute atomic E-state index is 4.69. The SMILES string of the molecule is Brc1cccc(C2=CSC(N/N=C/c3cc4c5ccccc5n(Cc5ccccc5)c4cn3)N2)c1. The van der Waals surface area contributed by atoms with Gasteiger partial charge in [0.25, 0.3) is 0 Å². The summed E-state index contributed by atoms with van der Waals surface area (Å²) in [5.74, 6) is 0. The molecular formula is C28H22BrN5S. The zero-order valence-corrected chi connectivity index (χ0v) is 21.1.